The molecule has 0 amide bonds. The highest BCUT2D eigenvalue weighted by molar-refractivity contribution is 6.98. The first-order valence-electron chi connectivity index (χ1n) is 15.2. The molecule has 206 valence electrons. The molecule has 6 aromatic carbocycles. The van der Waals surface area contributed by atoms with Gasteiger partial charge in [0.25, 0.3) is 6.71 Å². The van der Waals surface area contributed by atoms with E-state index in [9.17, 15) is 0 Å². The molecule has 1 aliphatic heterocycles. The van der Waals surface area contributed by atoms with Gasteiger partial charge in [-0.2, -0.15) is 0 Å². The maximum atomic E-state index is 2.52. The van der Waals surface area contributed by atoms with Crippen LogP contribution < -0.4 is 21.5 Å². The summed E-state index contributed by atoms with van der Waals surface area (Å²) in [4.78, 5) is 2.52. The summed E-state index contributed by atoms with van der Waals surface area (Å²) in [5.74, 6) is 0. The SMILES string of the molecule is c1ccc(B2c3c(c4ccccc4n3-c3ccccc3)N(c3ccccc3)c3c2n(-c2ccccc2)c2ccccc32)cc1. The first kappa shape index (κ1) is 24.8. The molecule has 0 saturated carbocycles. The second-order valence-corrected chi connectivity index (χ2v) is 11.4. The zero-order valence-electron chi connectivity index (χ0n) is 24.1. The van der Waals surface area contributed by atoms with Crippen molar-refractivity contribution in [1.29, 1.82) is 0 Å². The largest absolute Gasteiger partial charge is 0.319 e. The molecular formula is C40H28BN3. The molecular weight excluding hydrogens is 533 g/mol. The molecule has 0 fully saturated rings. The maximum Gasteiger partial charge on any atom is 0.289 e. The van der Waals surface area contributed by atoms with Crippen molar-refractivity contribution in [2.75, 3.05) is 4.90 Å². The van der Waals surface area contributed by atoms with Crippen LogP contribution in [0.25, 0.3) is 33.2 Å². The van der Waals surface area contributed by atoms with Gasteiger partial charge in [0.05, 0.1) is 22.4 Å². The average Bonchev–Trinajstić information content (AvgIpc) is 3.62. The fraction of sp³-hybridized carbons (Fsp3) is 0. The Labute approximate surface area is 256 Å². The number of nitrogens with zero attached hydrogens (tertiary/aromatic N) is 3. The monoisotopic (exact) mass is 561 g/mol. The normalized spacial score (nSPS) is 12.5. The van der Waals surface area contributed by atoms with Crippen molar-refractivity contribution >= 4 is 62.2 Å². The molecule has 0 radical (unpaired) electrons. The number of hydrogen-bond acceptors (Lipinski definition) is 1. The summed E-state index contributed by atoms with van der Waals surface area (Å²) >= 11 is 0. The number of hydrogen-bond donors (Lipinski definition) is 0. The van der Waals surface area contributed by atoms with Crippen molar-refractivity contribution in [2.45, 2.75) is 0 Å². The van der Waals surface area contributed by atoms with Gasteiger partial charge in [-0.3, -0.25) is 0 Å². The lowest BCUT2D eigenvalue weighted by Crippen LogP contribution is -2.60. The Balaban J connectivity index is 1.53. The highest BCUT2D eigenvalue weighted by atomic mass is 15.2. The highest BCUT2D eigenvalue weighted by Crippen LogP contribution is 2.45. The van der Waals surface area contributed by atoms with E-state index in [1.54, 1.807) is 0 Å². The van der Waals surface area contributed by atoms with Crippen LogP contribution in [0.3, 0.4) is 0 Å². The smallest absolute Gasteiger partial charge is 0.289 e. The first-order chi connectivity index (χ1) is 21.9. The van der Waals surface area contributed by atoms with E-state index in [2.05, 4.69) is 184 Å². The van der Waals surface area contributed by atoms with Crippen molar-refractivity contribution in [3.05, 3.63) is 170 Å². The number of fused-ring (bicyclic) bond motifs is 6. The van der Waals surface area contributed by atoms with Crippen LogP contribution in [0, 0.1) is 0 Å². The third-order valence-electron chi connectivity index (χ3n) is 8.94. The molecule has 2 aromatic heterocycles. The zero-order valence-corrected chi connectivity index (χ0v) is 24.1. The number of para-hydroxylation sites is 5. The van der Waals surface area contributed by atoms with Gasteiger partial charge in [-0.05, 0) is 48.5 Å². The summed E-state index contributed by atoms with van der Waals surface area (Å²) in [7, 11) is 0. The van der Waals surface area contributed by atoms with E-state index >= 15 is 0 Å². The van der Waals surface area contributed by atoms with Gasteiger partial charge >= 0.3 is 0 Å². The Hall–Kier alpha value is -5.74. The van der Waals surface area contributed by atoms with E-state index < -0.39 is 0 Å². The van der Waals surface area contributed by atoms with Crippen LogP contribution in [0.4, 0.5) is 17.1 Å². The molecule has 8 aromatic rings. The molecule has 0 saturated heterocycles. The summed E-state index contributed by atoms with van der Waals surface area (Å²) in [5.41, 5.74) is 12.1. The standard InChI is InChI=1S/C40H28BN3/c1-5-17-29(18-6-1)41-39-37(33-25-13-15-27-35(33)42(39)30-19-7-2-8-20-30)44(32-23-11-4-12-24-32)38-34-26-14-16-28-36(34)43(40(38)41)31-21-9-3-10-22-31/h1-28H. The van der Waals surface area contributed by atoms with Gasteiger partial charge in [0.15, 0.2) is 0 Å². The van der Waals surface area contributed by atoms with E-state index in [4.69, 9.17) is 0 Å². The van der Waals surface area contributed by atoms with Gasteiger partial charge in [0, 0.05) is 39.0 Å². The minimum absolute atomic E-state index is 0.0404. The van der Waals surface area contributed by atoms with Crippen molar-refractivity contribution in [3.8, 4) is 11.4 Å². The van der Waals surface area contributed by atoms with Crippen molar-refractivity contribution < 1.29 is 0 Å². The summed E-state index contributed by atoms with van der Waals surface area (Å²) in [5, 5.41) is 2.47. The number of aromatic nitrogens is 2. The lowest BCUT2D eigenvalue weighted by Gasteiger charge is -2.35. The van der Waals surface area contributed by atoms with E-state index in [1.807, 2.05) is 0 Å². The molecule has 4 heteroatoms. The van der Waals surface area contributed by atoms with Crippen molar-refractivity contribution in [3.63, 3.8) is 0 Å². The zero-order chi connectivity index (χ0) is 29.0. The highest BCUT2D eigenvalue weighted by Gasteiger charge is 2.44. The third kappa shape index (κ3) is 3.58. The summed E-state index contributed by atoms with van der Waals surface area (Å²) in [6.45, 7) is -0.0404. The summed E-state index contributed by atoms with van der Waals surface area (Å²) in [6, 6.07) is 61.3. The fourth-order valence-electron chi connectivity index (χ4n) is 7.23. The summed E-state index contributed by atoms with van der Waals surface area (Å²) in [6.07, 6.45) is 0. The predicted molar refractivity (Wildman–Crippen MR) is 186 cm³/mol. The van der Waals surface area contributed by atoms with Crippen molar-refractivity contribution in [1.82, 2.24) is 9.13 Å². The Morgan fingerprint density at radius 2 is 0.705 bits per heavy atom. The second-order valence-electron chi connectivity index (χ2n) is 11.4. The van der Waals surface area contributed by atoms with Crippen LogP contribution in [-0.2, 0) is 0 Å². The summed E-state index contributed by atoms with van der Waals surface area (Å²) < 4.78 is 4.99. The maximum absolute atomic E-state index is 2.52. The molecule has 0 bridgehead atoms. The van der Waals surface area contributed by atoms with Gasteiger partial charge in [-0.25, -0.2) is 0 Å². The van der Waals surface area contributed by atoms with Crippen LogP contribution in [-0.4, -0.2) is 15.8 Å². The van der Waals surface area contributed by atoms with Crippen LogP contribution >= 0.6 is 0 Å². The molecule has 9 rings (SSSR count). The van der Waals surface area contributed by atoms with E-state index in [0.717, 1.165) is 17.1 Å². The molecule has 44 heavy (non-hydrogen) atoms. The molecule has 0 aliphatic carbocycles. The minimum Gasteiger partial charge on any atom is -0.319 e. The van der Waals surface area contributed by atoms with Crippen LogP contribution in [0.1, 0.15) is 0 Å². The van der Waals surface area contributed by atoms with Crippen molar-refractivity contribution in [2.24, 2.45) is 0 Å². The average molecular weight is 561 g/mol. The Morgan fingerprint density at radius 3 is 1.16 bits per heavy atom. The Morgan fingerprint density at radius 1 is 0.341 bits per heavy atom. The van der Waals surface area contributed by atoms with Crippen LogP contribution in [0.15, 0.2) is 170 Å². The quantitative estimate of drug-likeness (QED) is 0.199. The molecule has 0 atom stereocenters. The first-order valence-corrected chi connectivity index (χ1v) is 15.2. The molecule has 1 aliphatic rings. The van der Waals surface area contributed by atoms with Gasteiger partial charge in [-0.1, -0.05) is 127 Å². The number of anilines is 3. The number of benzene rings is 6. The molecule has 0 unspecified atom stereocenters. The number of rotatable bonds is 4. The van der Waals surface area contributed by atoms with E-state index in [1.165, 1.54) is 49.8 Å². The molecule has 0 spiro atoms. The van der Waals surface area contributed by atoms with Gasteiger partial charge in [-0.15, -0.1) is 0 Å². The Bertz CT molecular complexity index is 2150. The predicted octanol–water partition coefficient (Wildman–Crippen LogP) is 7.87. The van der Waals surface area contributed by atoms with Gasteiger partial charge < -0.3 is 14.0 Å². The fourth-order valence-corrected chi connectivity index (χ4v) is 7.23. The lowest BCUT2D eigenvalue weighted by molar-refractivity contribution is 1.13. The molecule has 3 heterocycles. The lowest BCUT2D eigenvalue weighted by atomic mass is 9.38. The second kappa shape index (κ2) is 9.93. The molecule has 3 nitrogen and oxygen atoms in total. The van der Waals surface area contributed by atoms with Crippen LogP contribution in [0.5, 0.6) is 0 Å². The van der Waals surface area contributed by atoms with E-state index in [-0.39, 0.29) is 6.71 Å². The van der Waals surface area contributed by atoms with Gasteiger partial charge in [0.2, 0.25) is 0 Å². The van der Waals surface area contributed by atoms with Crippen LogP contribution in [0.2, 0.25) is 0 Å². The molecule has 0 N–H and O–H groups in total. The Kier molecular flexibility index (Phi) is 5.60. The third-order valence-corrected chi connectivity index (χ3v) is 8.94. The van der Waals surface area contributed by atoms with E-state index in [0.29, 0.717) is 0 Å². The topological polar surface area (TPSA) is 13.1 Å². The van der Waals surface area contributed by atoms with Gasteiger partial charge in [0.1, 0.15) is 0 Å². The minimum atomic E-state index is -0.0404.